The highest BCUT2D eigenvalue weighted by atomic mass is 16.2. The number of aryl methyl sites for hydroxylation is 1. The summed E-state index contributed by atoms with van der Waals surface area (Å²) in [6.07, 6.45) is 0.481. The van der Waals surface area contributed by atoms with Crippen LogP contribution in [0.2, 0.25) is 0 Å². The summed E-state index contributed by atoms with van der Waals surface area (Å²) in [5.41, 5.74) is 9.64. The Balaban J connectivity index is 2.07. The Kier molecular flexibility index (Phi) is 4.63. The number of nitrogens with two attached hydrogens (primary N) is 1. The fraction of sp³-hybridized carbons (Fsp3) is 0.278. The highest BCUT2D eigenvalue weighted by Gasteiger charge is 2.17. The average Bonchev–Trinajstić information content (AvgIpc) is 2.47. The maximum Gasteiger partial charge on any atom is 0.227 e. The summed E-state index contributed by atoms with van der Waals surface area (Å²) >= 11 is 0. The van der Waals surface area contributed by atoms with E-state index in [-0.39, 0.29) is 11.8 Å². The summed E-state index contributed by atoms with van der Waals surface area (Å²) in [4.78, 5) is 14.2. The number of carbonyl (C=O) groups is 1. The summed E-state index contributed by atoms with van der Waals surface area (Å²) in [6, 6.07) is 15.7. The van der Waals surface area contributed by atoms with Crippen molar-refractivity contribution < 1.29 is 4.79 Å². The van der Waals surface area contributed by atoms with Crippen molar-refractivity contribution in [3.05, 3.63) is 59.7 Å². The van der Waals surface area contributed by atoms with E-state index >= 15 is 0 Å². The number of hydrogen-bond acceptors (Lipinski definition) is 2. The zero-order valence-corrected chi connectivity index (χ0v) is 12.8. The van der Waals surface area contributed by atoms with E-state index in [1.807, 2.05) is 62.5 Å². The highest BCUT2D eigenvalue weighted by Crippen LogP contribution is 2.24. The van der Waals surface area contributed by atoms with Gasteiger partial charge in [0, 0.05) is 24.8 Å². The minimum atomic E-state index is 0.119. The molecule has 2 N–H and O–H groups in total. The van der Waals surface area contributed by atoms with Crippen LogP contribution in [0.3, 0.4) is 0 Å². The van der Waals surface area contributed by atoms with Gasteiger partial charge in [0.25, 0.3) is 0 Å². The molecule has 0 aliphatic rings. The van der Waals surface area contributed by atoms with Crippen molar-refractivity contribution in [2.75, 3.05) is 17.7 Å². The number of amides is 1. The molecular weight excluding hydrogens is 260 g/mol. The third kappa shape index (κ3) is 3.63. The van der Waals surface area contributed by atoms with Crippen LogP contribution in [0.1, 0.15) is 30.4 Å². The fourth-order valence-corrected chi connectivity index (χ4v) is 2.42. The molecule has 0 aliphatic carbocycles. The van der Waals surface area contributed by atoms with Gasteiger partial charge in [0.1, 0.15) is 0 Å². The second-order valence-corrected chi connectivity index (χ2v) is 5.51. The van der Waals surface area contributed by atoms with Crippen LogP contribution in [0.4, 0.5) is 11.4 Å². The van der Waals surface area contributed by atoms with Crippen LogP contribution in [-0.4, -0.2) is 13.0 Å². The lowest BCUT2D eigenvalue weighted by molar-refractivity contribution is -0.118. The van der Waals surface area contributed by atoms with Crippen molar-refractivity contribution in [1.82, 2.24) is 0 Å². The number of nitrogen functional groups attached to an aromatic ring is 1. The summed E-state index contributed by atoms with van der Waals surface area (Å²) in [7, 11) is 1.83. The van der Waals surface area contributed by atoms with Crippen LogP contribution in [0.15, 0.2) is 48.5 Å². The van der Waals surface area contributed by atoms with Gasteiger partial charge in [-0.1, -0.05) is 37.3 Å². The molecule has 110 valence electrons. The molecule has 0 aromatic heterocycles. The predicted octanol–water partition coefficient (Wildman–Crippen LogP) is 3.73. The van der Waals surface area contributed by atoms with E-state index in [2.05, 4.69) is 6.92 Å². The lowest BCUT2D eigenvalue weighted by atomic mass is 9.97. The molecule has 2 aromatic carbocycles. The molecule has 0 saturated heterocycles. The van der Waals surface area contributed by atoms with Gasteiger partial charge in [-0.15, -0.1) is 0 Å². The Morgan fingerprint density at radius 1 is 1.14 bits per heavy atom. The zero-order valence-electron chi connectivity index (χ0n) is 12.8. The molecule has 3 heteroatoms. The normalized spacial score (nSPS) is 12.0. The molecule has 2 rings (SSSR count). The van der Waals surface area contributed by atoms with E-state index < -0.39 is 0 Å². The van der Waals surface area contributed by atoms with Crippen LogP contribution in [0, 0.1) is 6.92 Å². The third-order valence-corrected chi connectivity index (χ3v) is 3.84. The lowest BCUT2D eigenvalue weighted by Gasteiger charge is -2.21. The molecule has 2 aromatic rings. The molecule has 0 fully saturated rings. The Labute approximate surface area is 126 Å². The number of benzene rings is 2. The number of rotatable bonds is 4. The van der Waals surface area contributed by atoms with E-state index in [0.717, 1.165) is 22.5 Å². The molecule has 1 unspecified atom stereocenters. The molecule has 0 bridgehead atoms. The molecule has 0 spiro atoms. The number of carbonyl (C=O) groups excluding carboxylic acids is 1. The molecule has 3 nitrogen and oxygen atoms in total. The van der Waals surface area contributed by atoms with Crippen molar-refractivity contribution in [3.63, 3.8) is 0 Å². The van der Waals surface area contributed by atoms with Gasteiger partial charge in [-0.05, 0) is 42.2 Å². The number of para-hydroxylation sites is 1. The van der Waals surface area contributed by atoms with E-state index in [1.54, 1.807) is 4.90 Å². The molecule has 1 amide bonds. The van der Waals surface area contributed by atoms with Crippen molar-refractivity contribution in [3.8, 4) is 0 Å². The van der Waals surface area contributed by atoms with Gasteiger partial charge in [0.15, 0.2) is 0 Å². The monoisotopic (exact) mass is 282 g/mol. The molecule has 0 aliphatic heterocycles. The fourth-order valence-electron chi connectivity index (χ4n) is 2.42. The maximum atomic E-state index is 12.4. The second kappa shape index (κ2) is 6.44. The van der Waals surface area contributed by atoms with E-state index in [4.69, 9.17) is 5.73 Å². The Bertz CT molecular complexity index is 619. The van der Waals surface area contributed by atoms with Gasteiger partial charge in [-0.3, -0.25) is 4.79 Å². The van der Waals surface area contributed by atoms with Crippen LogP contribution in [-0.2, 0) is 4.79 Å². The standard InChI is InChI=1S/C18H22N2O/c1-13-6-4-5-7-17(13)20(3)18(21)12-14(2)15-8-10-16(19)11-9-15/h4-11,14H,12,19H2,1-3H3. The van der Waals surface area contributed by atoms with Crippen molar-refractivity contribution in [1.29, 1.82) is 0 Å². The topological polar surface area (TPSA) is 46.3 Å². The van der Waals surface area contributed by atoms with Crippen molar-refractivity contribution >= 4 is 17.3 Å². The van der Waals surface area contributed by atoms with E-state index in [0.29, 0.717) is 6.42 Å². The minimum absolute atomic E-state index is 0.119. The zero-order chi connectivity index (χ0) is 15.4. The highest BCUT2D eigenvalue weighted by molar-refractivity contribution is 5.94. The summed E-state index contributed by atoms with van der Waals surface area (Å²) in [5, 5.41) is 0. The van der Waals surface area contributed by atoms with Crippen LogP contribution < -0.4 is 10.6 Å². The lowest BCUT2D eigenvalue weighted by Crippen LogP contribution is -2.27. The summed E-state index contributed by atoms with van der Waals surface area (Å²) < 4.78 is 0. The number of anilines is 2. The van der Waals surface area contributed by atoms with Gasteiger partial charge in [-0.25, -0.2) is 0 Å². The van der Waals surface area contributed by atoms with Gasteiger partial charge < -0.3 is 10.6 Å². The largest absolute Gasteiger partial charge is 0.399 e. The molecule has 0 heterocycles. The summed E-state index contributed by atoms with van der Waals surface area (Å²) in [5.74, 6) is 0.290. The van der Waals surface area contributed by atoms with Crippen LogP contribution in [0.25, 0.3) is 0 Å². The first kappa shape index (κ1) is 15.1. The van der Waals surface area contributed by atoms with Crippen LogP contribution in [0.5, 0.6) is 0 Å². The summed E-state index contributed by atoms with van der Waals surface area (Å²) in [6.45, 7) is 4.08. The average molecular weight is 282 g/mol. The second-order valence-electron chi connectivity index (χ2n) is 5.51. The van der Waals surface area contributed by atoms with Crippen molar-refractivity contribution in [2.45, 2.75) is 26.2 Å². The third-order valence-electron chi connectivity index (χ3n) is 3.84. The first-order valence-corrected chi connectivity index (χ1v) is 7.16. The van der Waals surface area contributed by atoms with Gasteiger partial charge in [0.2, 0.25) is 5.91 Å². The SMILES string of the molecule is Cc1ccccc1N(C)C(=O)CC(C)c1ccc(N)cc1. The van der Waals surface area contributed by atoms with Gasteiger partial charge in [0.05, 0.1) is 0 Å². The quantitative estimate of drug-likeness (QED) is 0.868. The van der Waals surface area contributed by atoms with E-state index in [1.165, 1.54) is 0 Å². The maximum absolute atomic E-state index is 12.4. The predicted molar refractivity (Wildman–Crippen MR) is 88.5 cm³/mol. The Hall–Kier alpha value is -2.29. The van der Waals surface area contributed by atoms with Gasteiger partial charge >= 0.3 is 0 Å². The number of hydrogen-bond donors (Lipinski definition) is 1. The molecule has 0 radical (unpaired) electrons. The Morgan fingerprint density at radius 2 is 1.76 bits per heavy atom. The van der Waals surface area contributed by atoms with Crippen molar-refractivity contribution in [2.24, 2.45) is 0 Å². The molecule has 1 atom stereocenters. The molecule has 21 heavy (non-hydrogen) atoms. The molecule has 0 saturated carbocycles. The first-order chi connectivity index (χ1) is 9.99. The minimum Gasteiger partial charge on any atom is -0.399 e. The molecular formula is C18H22N2O. The van der Waals surface area contributed by atoms with E-state index in [9.17, 15) is 4.79 Å². The smallest absolute Gasteiger partial charge is 0.227 e. The van der Waals surface area contributed by atoms with Crippen LogP contribution >= 0.6 is 0 Å². The Morgan fingerprint density at radius 3 is 2.38 bits per heavy atom. The first-order valence-electron chi connectivity index (χ1n) is 7.16. The van der Waals surface area contributed by atoms with Gasteiger partial charge in [-0.2, -0.15) is 0 Å². The number of nitrogens with zero attached hydrogens (tertiary/aromatic N) is 1.